The fraction of sp³-hybridized carbons (Fsp3) is 0.562. The van der Waals surface area contributed by atoms with Crippen LogP contribution in [0.15, 0.2) is 18.3 Å². The molecular weight excluding hydrogens is 311 g/mol. The van der Waals surface area contributed by atoms with Gasteiger partial charge in [-0.05, 0) is 33.8 Å². The Morgan fingerprint density at radius 3 is 2.42 bits per heavy atom. The Bertz CT molecular complexity index is 643. The Balaban J connectivity index is 1.66. The zero-order valence-corrected chi connectivity index (χ0v) is 14.3. The molecule has 0 aliphatic carbocycles. The van der Waals surface area contributed by atoms with Crippen molar-refractivity contribution in [1.82, 2.24) is 10.3 Å². The largest absolute Gasteiger partial charge is 0.496 e. The van der Waals surface area contributed by atoms with Crippen LogP contribution < -0.4 is 15.5 Å². The Hall–Kier alpha value is -1.93. The first kappa shape index (κ1) is 16.9. The number of pyridine rings is 1. The SMILES string of the molecule is CC1(C)OB(c2ccc(OC3CCC(=O)NC3=O)nc2)OC1(C)C. The van der Waals surface area contributed by atoms with Crippen LogP contribution in [-0.2, 0) is 18.9 Å². The lowest BCUT2D eigenvalue weighted by atomic mass is 9.80. The van der Waals surface area contributed by atoms with Crippen molar-refractivity contribution in [3.05, 3.63) is 18.3 Å². The number of ether oxygens (including phenoxy) is 1. The minimum absolute atomic E-state index is 0.266. The van der Waals surface area contributed by atoms with E-state index in [0.717, 1.165) is 5.46 Å². The van der Waals surface area contributed by atoms with Crippen LogP contribution in [-0.4, -0.2) is 41.2 Å². The molecule has 1 aromatic heterocycles. The molecule has 2 saturated heterocycles. The highest BCUT2D eigenvalue weighted by Crippen LogP contribution is 2.36. The van der Waals surface area contributed by atoms with Crippen LogP contribution in [0, 0.1) is 0 Å². The molecular formula is C16H21BN2O5. The highest BCUT2D eigenvalue weighted by Gasteiger charge is 2.51. The Morgan fingerprint density at radius 2 is 1.88 bits per heavy atom. The molecule has 8 heteroatoms. The molecule has 1 aromatic rings. The molecule has 3 heterocycles. The fourth-order valence-corrected chi connectivity index (χ4v) is 2.51. The second kappa shape index (κ2) is 5.86. The maximum Gasteiger partial charge on any atom is 0.496 e. The number of hydrogen-bond donors (Lipinski definition) is 1. The molecule has 1 N–H and O–H groups in total. The van der Waals surface area contributed by atoms with Gasteiger partial charge in [-0.3, -0.25) is 14.9 Å². The molecule has 128 valence electrons. The van der Waals surface area contributed by atoms with Crippen molar-refractivity contribution in [3.63, 3.8) is 0 Å². The van der Waals surface area contributed by atoms with Gasteiger partial charge in [-0.1, -0.05) is 6.07 Å². The number of amides is 2. The first-order chi connectivity index (χ1) is 11.2. The Kier molecular flexibility index (Phi) is 4.13. The van der Waals surface area contributed by atoms with Gasteiger partial charge in [0.25, 0.3) is 5.91 Å². The second-order valence-corrected chi connectivity index (χ2v) is 7.08. The predicted octanol–water partition coefficient (Wildman–Crippen LogP) is 0.565. The molecule has 1 atom stereocenters. The van der Waals surface area contributed by atoms with E-state index >= 15 is 0 Å². The monoisotopic (exact) mass is 332 g/mol. The van der Waals surface area contributed by atoms with Crippen molar-refractivity contribution in [3.8, 4) is 5.88 Å². The van der Waals surface area contributed by atoms with E-state index in [1.54, 1.807) is 18.3 Å². The van der Waals surface area contributed by atoms with E-state index in [9.17, 15) is 9.59 Å². The zero-order valence-electron chi connectivity index (χ0n) is 14.3. The molecule has 24 heavy (non-hydrogen) atoms. The minimum Gasteiger partial charge on any atom is -0.464 e. The van der Waals surface area contributed by atoms with Gasteiger partial charge in [0.2, 0.25) is 11.8 Å². The molecule has 2 fully saturated rings. The predicted molar refractivity (Wildman–Crippen MR) is 86.8 cm³/mol. The summed E-state index contributed by atoms with van der Waals surface area (Å²) in [5, 5.41) is 2.25. The van der Waals surface area contributed by atoms with Crippen molar-refractivity contribution in [2.45, 2.75) is 57.8 Å². The molecule has 0 bridgehead atoms. The molecule has 2 aliphatic heterocycles. The average Bonchev–Trinajstić information content (AvgIpc) is 2.71. The fourth-order valence-electron chi connectivity index (χ4n) is 2.51. The van der Waals surface area contributed by atoms with E-state index in [0.29, 0.717) is 12.3 Å². The van der Waals surface area contributed by atoms with Gasteiger partial charge in [-0.25, -0.2) is 4.98 Å². The number of rotatable bonds is 3. The van der Waals surface area contributed by atoms with Crippen LogP contribution in [0.25, 0.3) is 0 Å². The summed E-state index contributed by atoms with van der Waals surface area (Å²) < 4.78 is 17.5. The van der Waals surface area contributed by atoms with E-state index in [-0.39, 0.29) is 12.3 Å². The number of carbonyl (C=O) groups is 2. The summed E-state index contributed by atoms with van der Waals surface area (Å²) in [7, 11) is -0.493. The van der Waals surface area contributed by atoms with Gasteiger partial charge in [0.15, 0.2) is 6.10 Å². The van der Waals surface area contributed by atoms with Crippen LogP contribution in [0.2, 0.25) is 0 Å². The summed E-state index contributed by atoms with van der Waals surface area (Å²) in [6.45, 7) is 7.95. The number of carbonyl (C=O) groups excluding carboxylic acids is 2. The van der Waals surface area contributed by atoms with Crippen LogP contribution in [0.3, 0.4) is 0 Å². The highest BCUT2D eigenvalue weighted by molar-refractivity contribution is 6.62. The van der Waals surface area contributed by atoms with Crippen molar-refractivity contribution in [2.24, 2.45) is 0 Å². The molecule has 3 rings (SSSR count). The lowest BCUT2D eigenvalue weighted by Gasteiger charge is -2.32. The summed E-state index contributed by atoms with van der Waals surface area (Å²) in [5.41, 5.74) is -0.0525. The third-order valence-corrected chi connectivity index (χ3v) is 4.74. The van der Waals surface area contributed by atoms with Crippen molar-refractivity contribution in [1.29, 1.82) is 0 Å². The van der Waals surface area contributed by atoms with E-state index in [4.69, 9.17) is 14.0 Å². The van der Waals surface area contributed by atoms with Crippen LogP contribution >= 0.6 is 0 Å². The quantitative estimate of drug-likeness (QED) is 0.643. The third-order valence-electron chi connectivity index (χ3n) is 4.74. The van der Waals surface area contributed by atoms with Gasteiger partial charge >= 0.3 is 7.12 Å². The van der Waals surface area contributed by atoms with Gasteiger partial charge in [-0.2, -0.15) is 0 Å². The maximum atomic E-state index is 11.7. The normalized spacial score (nSPS) is 25.5. The average molecular weight is 332 g/mol. The summed E-state index contributed by atoms with van der Waals surface area (Å²) in [4.78, 5) is 27.1. The molecule has 0 spiro atoms. The van der Waals surface area contributed by atoms with Crippen LogP contribution in [0.5, 0.6) is 5.88 Å². The van der Waals surface area contributed by atoms with E-state index in [1.165, 1.54) is 0 Å². The van der Waals surface area contributed by atoms with Gasteiger partial charge in [0, 0.05) is 24.5 Å². The number of nitrogens with one attached hydrogen (secondary N) is 1. The number of piperidine rings is 1. The topological polar surface area (TPSA) is 86.8 Å². The lowest BCUT2D eigenvalue weighted by Crippen LogP contribution is -2.46. The van der Waals surface area contributed by atoms with Crippen molar-refractivity contribution in [2.75, 3.05) is 0 Å². The van der Waals surface area contributed by atoms with Crippen LogP contribution in [0.1, 0.15) is 40.5 Å². The summed E-state index contributed by atoms with van der Waals surface area (Å²) in [6.07, 6.45) is 1.54. The first-order valence-electron chi connectivity index (χ1n) is 8.00. The maximum absolute atomic E-state index is 11.7. The number of imide groups is 1. The van der Waals surface area contributed by atoms with Gasteiger partial charge in [0.05, 0.1) is 11.2 Å². The van der Waals surface area contributed by atoms with E-state index in [1.807, 2.05) is 27.7 Å². The first-order valence-corrected chi connectivity index (χ1v) is 8.00. The summed E-state index contributed by atoms with van der Waals surface area (Å²) in [5.74, 6) is -0.378. The minimum atomic E-state index is -0.696. The molecule has 0 saturated carbocycles. The highest BCUT2D eigenvalue weighted by atomic mass is 16.7. The van der Waals surface area contributed by atoms with Gasteiger partial charge < -0.3 is 14.0 Å². The van der Waals surface area contributed by atoms with E-state index in [2.05, 4.69) is 10.3 Å². The summed E-state index contributed by atoms with van der Waals surface area (Å²) >= 11 is 0. The molecule has 7 nitrogen and oxygen atoms in total. The smallest absolute Gasteiger partial charge is 0.464 e. The Labute approximate surface area is 141 Å². The molecule has 1 unspecified atom stereocenters. The molecule has 0 radical (unpaired) electrons. The standard InChI is InChI=1S/C16H21BN2O5/c1-15(2)16(3,4)24-17(23-15)10-5-8-13(18-9-10)22-11-6-7-12(20)19-14(11)21/h5,8-9,11H,6-7H2,1-4H3,(H,19,20,21). The second-order valence-electron chi connectivity index (χ2n) is 7.08. The van der Waals surface area contributed by atoms with Gasteiger partial charge in [0.1, 0.15) is 0 Å². The number of hydrogen-bond acceptors (Lipinski definition) is 6. The zero-order chi connectivity index (χ0) is 17.5. The number of nitrogens with zero attached hydrogens (tertiary/aromatic N) is 1. The lowest BCUT2D eigenvalue weighted by molar-refractivity contribution is -0.139. The van der Waals surface area contributed by atoms with Crippen molar-refractivity contribution < 1.29 is 23.6 Å². The Morgan fingerprint density at radius 1 is 1.21 bits per heavy atom. The summed E-state index contributed by atoms with van der Waals surface area (Å²) in [6, 6.07) is 3.47. The third kappa shape index (κ3) is 3.16. The van der Waals surface area contributed by atoms with Crippen molar-refractivity contribution >= 4 is 24.4 Å². The molecule has 2 aliphatic rings. The van der Waals surface area contributed by atoms with Gasteiger partial charge in [-0.15, -0.1) is 0 Å². The molecule has 2 amide bonds. The molecule has 0 aromatic carbocycles. The number of aromatic nitrogens is 1. The van der Waals surface area contributed by atoms with E-state index < -0.39 is 30.3 Å². The van der Waals surface area contributed by atoms with Crippen LogP contribution in [0.4, 0.5) is 0 Å².